The molecule has 5 heteroatoms. The first-order valence-corrected chi connectivity index (χ1v) is 8.15. The van der Waals surface area contributed by atoms with Crippen LogP contribution < -0.4 is 4.72 Å². The molecule has 0 atom stereocenters. The van der Waals surface area contributed by atoms with Crippen LogP contribution in [0.1, 0.15) is 11.1 Å². The Balaban J connectivity index is 2.04. The van der Waals surface area contributed by atoms with Crippen molar-refractivity contribution in [3.05, 3.63) is 64.7 Å². The van der Waals surface area contributed by atoms with Crippen LogP contribution in [0.15, 0.2) is 53.4 Å². The molecule has 0 unspecified atom stereocenters. The van der Waals surface area contributed by atoms with Crippen molar-refractivity contribution in [2.75, 3.05) is 6.54 Å². The maximum atomic E-state index is 12.0. The number of rotatable bonds is 3. The van der Waals surface area contributed by atoms with Crippen molar-refractivity contribution in [3.8, 4) is 11.8 Å². The highest BCUT2D eigenvalue weighted by atomic mass is 35.5. The van der Waals surface area contributed by atoms with Gasteiger partial charge in [0.1, 0.15) is 0 Å². The number of aryl methyl sites for hydroxylation is 1. The lowest BCUT2D eigenvalue weighted by Gasteiger charge is -2.03. The van der Waals surface area contributed by atoms with E-state index in [0.29, 0.717) is 10.6 Å². The van der Waals surface area contributed by atoms with Gasteiger partial charge in [-0.05, 0) is 31.2 Å². The van der Waals surface area contributed by atoms with Gasteiger partial charge in [0.2, 0.25) is 10.0 Å². The molecule has 2 aromatic rings. The Labute approximate surface area is 130 Å². The molecule has 0 heterocycles. The molecular weight excluding hydrogens is 306 g/mol. The van der Waals surface area contributed by atoms with Gasteiger partial charge in [-0.3, -0.25) is 0 Å². The normalized spacial score (nSPS) is 10.8. The monoisotopic (exact) mass is 319 g/mol. The van der Waals surface area contributed by atoms with Crippen LogP contribution in [-0.2, 0) is 10.0 Å². The summed E-state index contributed by atoms with van der Waals surface area (Å²) in [5, 5.41) is 0.548. The van der Waals surface area contributed by atoms with Gasteiger partial charge in [0.25, 0.3) is 0 Å². The molecule has 0 radical (unpaired) electrons. The summed E-state index contributed by atoms with van der Waals surface area (Å²) in [5.41, 5.74) is 1.68. The number of sulfonamides is 1. The zero-order chi connectivity index (χ0) is 15.3. The lowest BCUT2D eigenvalue weighted by atomic mass is 10.2. The van der Waals surface area contributed by atoms with E-state index in [2.05, 4.69) is 16.6 Å². The molecule has 2 aromatic carbocycles. The molecule has 0 fully saturated rings. The number of benzene rings is 2. The van der Waals surface area contributed by atoms with Crippen LogP contribution in [0.4, 0.5) is 0 Å². The van der Waals surface area contributed by atoms with Gasteiger partial charge in [-0.2, -0.15) is 4.72 Å². The molecule has 0 aliphatic heterocycles. The van der Waals surface area contributed by atoms with Crippen LogP contribution >= 0.6 is 11.6 Å². The quantitative estimate of drug-likeness (QED) is 0.884. The zero-order valence-electron chi connectivity index (χ0n) is 11.4. The van der Waals surface area contributed by atoms with Crippen LogP contribution in [0, 0.1) is 18.8 Å². The second kappa shape index (κ2) is 6.77. The smallest absolute Gasteiger partial charge is 0.207 e. The van der Waals surface area contributed by atoms with Gasteiger partial charge >= 0.3 is 0 Å². The second-order valence-corrected chi connectivity index (χ2v) is 6.59. The summed E-state index contributed by atoms with van der Waals surface area (Å²) in [4.78, 5) is 0.229. The van der Waals surface area contributed by atoms with Crippen molar-refractivity contribution >= 4 is 21.6 Å². The van der Waals surface area contributed by atoms with Crippen LogP contribution in [0.2, 0.25) is 5.02 Å². The fourth-order valence-corrected chi connectivity index (χ4v) is 2.74. The molecule has 0 aliphatic rings. The lowest BCUT2D eigenvalue weighted by molar-refractivity contribution is 0.586. The maximum Gasteiger partial charge on any atom is 0.241 e. The van der Waals surface area contributed by atoms with Crippen molar-refractivity contribution < 1.29 is 8.42 Å². The molecule has 21 heavy (non-hydrogen) atoms. The Bertz CT molecular complexity index is 787. The van der Waals surface area contributed by atoms with Crippen molar-refractivity contribution in [1.29, 1.82) is 0 Å². The van der Waals surface area contributed by atoms with E-state index < -0.39 is 10.0 Å². The van der Waals surface area contributed by atoms with Gasteiger partial charge in [-0.25, -0.2) is 8.42 Å². The number of nitrogens with one attached hydrogen (secondary N) is 1. The first-order chi connectivity index (χ1) is 9.99. The van der Waals surface area contributed by atoms with Crippen LogP contribution in [-0.4, -0.2) is 15.0 Å². The molecule has 0 saturated carbocycles. The maximum absolute atomic E-state index is 12.0. The Morgan fingerprint density at radius 3 is 2.43 bits per heavy atom. The molecule has 1 N–H and O–H groups in total. The predicted octanol–water partition coefficient (Wildman–Crippen LogP) is 2.98. The highest BCUT2D eigenvalue weighted by Gasteiger charge is 2.11. The first kappa shape index (κ1) is 15.6. The number of halogens is 1. The topological polar surface area (TPSA) is 46.2 Å². The third-order valence-electron chi connectivity index (χ3n) is 2.78. The van der Waals surface area contributed by atoms with Crippen LogP contribution in [0.25, 0.3) is 0 Å². The average molecular weight is 320 g/mol. The summed E-state index contributed by atoms with van der Waals surface area (Å²) >= 11 is 5.96. The van der Waals surface area contributed by atoms with Gasteiger partial charge < -0.3 is 0 Å². The van der Waals surface area contributed by atoms with Crippen molar-refractivity contribution in [1.82, 2.24) is 4.72 Å². The minimum Gasteiger partial charge on any atom is -0.207 e. The Morgan fingerprint density at radius 1 is 1.10 bits per heavy atom. The molecule has 0 aromatic heterocycles. The third-order valence-corrected chi connectivity index (χ3v) is 4.53. The van der Waals surface area contributed by atoms with Crippen molar-refractivity contribution in [3.63, 3.8) is 0 Å². The number of hydrogen-bond donors (Lipinski definition) is 1. The number of hydrogen-bond acceptors (Lipinski definition) is 2. The first-order valence-electron chi connectivity index (χ1n) is 6.29. The minimum absolute atomic E-state index is 0.0292. The van der Waals surface area contributed by atoms with E-state index in [4.69, 9.17) is 11.6 Å². The molecule has 108 valence electrons. The Morgan fingerprint density at radius 2 is 1.76 bits per heavy atom. The summed E-state index contributed by atoms with van der Waals surface area (Å²) in [6.45, 7) is 1.93. The molecule has 0 amide bonds. The second-order valence-electron chi connectivity index (χ2n) is 4.42. The molecular formula is C16H14ClNO2S. The zero-order valence-corrected chi connectivity index (χ0v) is 13.0. The highest BCUT2D eigenvalue weighted by Crippen LogP contribution is 2.13. The fourth-order valence-electron chi connectivity index (χ4n) is 1.63. The molecule has 0 saturated heterocycles. The molecule has 2 rings (SSSR count). The van der Waals surface area contributed by atoms with Gasteiger partial charge in [0, 0.05) is 5.56 Å². The minimum atomic E-state index is -3.53. The summed E-state index contributed by atoms with van der Waals surface area (Å²) in [5.74, 6) is 5.59. The van der Waals surface area contributed by atoms with Gasteiger partial charge in [0.05, 0.1) is 16.5 Å². The van der Waals surface area contributed by atoms with E-state index in [9.17, 15) is 8.42 Å². The van der Waals surface area contributed by atoms with Crippen molar-refractivity contribution in [2.45, 2.75) is 11.8 Å². The van der Waals surface area contributed by atoms with Gasteiger partial charge in [-0.15, -0.1) is 0 Å². The molecule has 0 bridgehead atoms. The highest BCUT2D eigenvalue weighted by molar-refractivity contribution is 7.89. The fraction of sp³-hybridized carbons (Fsp3) is 0.125. The Hall–Kier alpha value is -1.80. The summed E-state index contributed by atoms with van der Waals surface area (Å²) < 4.78 is 26.5. The standard InChI is InChI=1S/C16H14ClNO2S/c1-13-8-10-15(11-9-13)21(19,20)18-12-4-6-14-5-2-3-7-16(14)17/h2-3,5,7-11,18H,12H2,1H3. The summed E-state index contributed by atoms with van der Waals surface area (Å²) in [6.07, 6.45) is 0. The van der Waals surface area contributed by atoms with Crippen LogP contribution in [0.5, 0.6) is 0 Å². The van der Waals surface area contributed by atoms with E-state index in [1.54, 1.807) is 36.4 Å². The van der Waals surface area contributed by atoms with Gasteiger partial charge in [0.15, 0.2) is 0 Å². The molecule has 3 nitrogen and oxygen atoms in total. The van der Waals surface area contributed by atoms with E-state index in [1.165, 1.54) is 0 Å². The van der Waals surface area contributed by atoms with Gasteiger partial charge in [-0.1, -0.05) is 53.3 Å². The van der Waals surface area contributed by atoms with E-state index in [1.807, 2.05) is 19.1 Å². The summed E-state index contributed by atoms with van der Waals surface area (Å²) in [7, 11) is -3.53. The third kappa shape index (κ3) is 4.33. The average Bonchev–Trinajstić information content (AvgIpc) is 2.46. The van der Waals surface area contributed by atoms with Crippen LogP contribution in [0.3, 0.4) is 0 Å². The molecule has 0 spiro atoms. The van der Waals surface area contributed by atoms with E-state index in [0.717, 1.165) is 5.56 Å². The molecule has 0 aliphatic carbocycles. The van der Waals surface area contributed by atoms with Crippen molar-refractivity contribution in [2.24, 2.45) is 0 Å². The lowest BCUT2D eigenvalue weighted by Crippen LogP contribution is -2.23. The Kier molecular flexibility index (Phi) is 5.03. The predicted molar refractivity (Wildman–Crippen MR) is 84.7 cm³/mol. The SMILES string of the molecule is Cc1ccc(S(=O)(=O)NCC#Cc2ccccc2Cl)cc1. The van der Waals surface area contributed by atoms with E-state index in [-0.39, 0.29) is 11.4 Å². The largest absolute Gasteiger partial charge is 0.241 e. The summed E-state index contributed by atoms with van der Waals surface area (Å²) in [6, 6.07) is 13.8. The van der Waals surface area contributed by atoms with E-state index >= 15 is 0 Å².